The Balaban J connectivity index is 1.38. The van der Waals surface area contributed by atoms with Gasteiger partial charge in [-0.25, -0.2) is 4.98 Å². The van der Waals surface area contributed by atoms with E-state index >= 15 is 0 Å². The van der Waals surface area contributed by atoms with Gasteiger partial charge in [-0.2, -0.15) is 13.2 Å². The topological polar surface area (TPSA) is 62.7 Å². The molecule has 1 aliphatic heterocycles. The maximum atomic E-state index is 12.8. The summed E-state index contributed by atoms with van der Waals surface area (Å²) in [7, 11) is 0. The summed E-state index contributed by atoms with van der Waals surface area (Å²) in [5.41, 5.74) is 1.78. The van der Waals surface area contributed by atoms with Gasteiger partial charge in [-0.1, -0.05) is 18.2 Å². The first-order chi connectivity index (χ1) is 15.3. The summed E-state index contributed by atoms with van der Waals surface area (Å²) in [4.78, 5) is 18.2. The van der Waals surface area contributed by atoms with Gasteiger partial charge in [0.2, 0.25) is 5.88 Å². The number of amides is 1. The molecular formula is C24H19F3N2O3. The number of carbonyl (C=O) groups excluding carboxylic acids is 1. The van der Waals surface area contributed by atoms with Crippen molar-refractivity contribution in [3.05, 3.63) is 89.6 Å². The SMILES string of the molecule is O=C(c1ccc(Oc2ccc(C(F)(F)F)cn2)cc1)N1CC=C(c2ccc(O)cc2)CC1. The van der Waals surface area contributed by atoms with E-state index in [0.717, 1.165) is 23.3 Å². The molecule has 32 heavy (non-hydrogen) atoms. The van der Waals surface area contributed by atoms with Crippen molar-refractivity contribution in [1.82, 2.24) is 9.88 Å². The van der Waals surface area contributed by atoms with Crippen LogP contribution in [0.5, 0.6) is 17.4 Å². The van der Waals surface area contributed by atoms with Crippen LogP contribution in [0.3, 0.4) is 0 Å². The molecule has 0 fully saturated rings. The van der Waals surface area contributed by atoms with Gasteiger partial charge in [-0.15, -0.1) is 0 Å². The zero-order chi connectivity index (χ0) is 22.7. The number of benzene rings is 2. The van der Waals surface area contributed by atoms with Crippen molar-refractivity contribution < 1.29 is 27.8 Å². The molecule has 8 heteroatoms. The van der Waals surface area contributed by atoms with Crippen LogP contribution in [0.2, 0.25) is 0 Å². The quantitative estimate of drug-likeness (QED) is 0.580. The van der Waals surface area contributed by atoms with E-state index in [-0.39, 0.29) is 17.5 Å². The van der Waals surface area contributed by atoms with E-state index in [0.29, 0.717) is 37.0 Å². The number of pyridine rings is 1. The zero-order valence-corrected chi connectivity index (χ0v) is 16.8. The maximum absolute atomic E-state index is 12.8. The second-order valence-corrected chi connectivity index (χ2v) is 7.29. The number of nitrogens with zero attached hydrogens (tertiary/aromatic N) is 2. The first kappa shape index (κ1) is 21.4. The molecule has 0 atom stereocenters. The van der Waals surface area contributed by atoms with E-state index in [4.69, 9.17) is 4.74 Å². The third kappa shape index (κ3) is 4.91. The molecule has 2 aromatic carbocycles. The van der Waals surface area contributed by atoms with E-state index in [2.05, 4.69) is 4.98 Å². The van der Waals surface area contributed by atoms with Crippen LogP contribution in [0, 0.1) is 0 Å². The lowest BCUT2D eigenvalue weighted by atomic mass is 9.99. The number of halogens is 3. The van der Waals surface area contributed by atoms with Crippen LogP contribution in [-0.4, -0.2) is 34.0 Å². The number of carbonyl (C=O) groups is 1. The maximum Gasteiger partial charge on any atom is 0.417 e. The van der Waals surface area contributed by atoms with Crippen LogP contribution in [0.15, 0.2) is 72.9 Å². The van der Waals surface area contributed by atoms with Gasteiger partial charge in [0.25, 0.3) is 5.91 Å². The number of hydrogen-bond donors (Lipinski definition) is 1. The first-order valence-corrected chi connectivity index (χ1v) is 9.88. The summed E-state index contributed by atoms with van der Waals surface area (Å²) in [5.74, 6) is 0.482. The van der Waals surface area contributed by atoms with Crippen molar-refractivity contribution >= 4 is 11.5 Å². The zero-order valence-electron chi connectivity index (χ0n) is 16.8. The van der Waals surface area contributed by atoms with Gasteiger partial charge in [0.15, 0.2) is 0 Å². The van der Waals surface area contributed by atoms with Crippen LogP contribution >= 0.6 is 0 Å². The highest BCUT2D eigenvalue weighted by Crippen LogP contribution is 2.30. The Labute approximate surface area is 182 Å². The van der Waals surface area contributed by atoms with Gasteiger partial charge in [0, 0.05) is 30.9 Å². The molecular weight excluding hydrogens is 421 g/mol. The molecule has 4 rings (SSSR count). The predicted molar refractivity (Wildman–Crippen MR) is 112 cm³/mol. The summed E-state index contributed by atoms with van der Waals surface area (Å²) < 4.78 is 43.3. The molecule has 0 unspecified atom stereocenters. The normalized spacial score (nSPS) is 14.1. The van der Waals surface area contributed by atoms with Crippen molar-refractivity contribution in [2.24, 2.45) is 0 Å². The lowest BCUT2D eigenvalue weighted by Crippen LogP contribution is -2.34. The van der Waals surface area contributed by atoms with Crippen LogP contribution in [0.25, 0.3) is 5.57 Å². The molecule has 0 saturated heterocycles. The Morgan fingerprint density at radius 2 is 1.72 bits per heavy atom. The number of aromatic nitrogens is 1. The standard InChI is InChI=1S/C24H19F3N2O3/c25-24(26,27)19-5-10-22(28-15-19)32-21-8-3-18(4-9-21)23(31)29-13-11-17(12-14-29)16-1-6-20(30)7-2-16/h1-11,15,30H,12-14H2. The van der Waals surface area contributed by atoms with Crippen LogP contribution in [-0.2, 0) is 6.18 Å². The first-order valence-electron chi connectivity index (χ1n) is 9.88. The van der Waals surface area contributed by atoms with E-state index in [1.54, 1.807) is 41.3 Å². The molecule has 5 nitrogen and oxygen atoms in total. The van der Waals surface area contributed by atoms with Gasteiger partial charge in [-0.3, -0.25) is 4.79 Å². The third-order valence-corrected chi connectivity index (χ3v) is 5.12. The molecule has 1 amide bonds. The van der Waals surface area contributed by atoms with E-state index in [1.807, 2.05) is 18.2 Å². The Morgan fingerprint density at radius 1 is 1.00 bits per heavy atom. The monoisotopic (exact) mass is 440 g/mol. The molecule has 3 aromatic rings. The minimum absolute atomic E-state index is 0.0278. The Morgan fingerprint density at radius 3 is 2.28 bits per heavy atom. The summed E-state index contributed by atoms with van der Waals surface area (Å²) in [5, 5.41) is 9.41. The Hall–Kier alpha value is -3.81. The van der Waals surface area contributed by atoms with Crippen LogP contribution in [0.1, 0.15) is 27.9 Å². The van der Waals surface area contributed by atoms with Gasteiger partial charge in [0.1, 0.15) is 11.5 Å². The van der Waals surface area contributed by atoms with Crippen molar-refractivity contribution in [3.63, 3.8) is 0 Å². The second-order valence-electron chi connectivity index (χ2n) is 7.29. The molecule has 1 N–H and O–H groups in total. The van der Waals surface area contributed by atoms with Gasteiger partial charge < -0.3 is 14.7 Å². The van der Waals surface area contributed by atoms with E-state index in [1.165, 1.54) is 0 Å². The molecule has 1 aliphatic rings. The van der Waals surface area contributed by atoms with Gasteiger partial charge in [0.05, 0.1) is 5.56 Å². The predicted octanol–water partition coefficient (Wildman–Crippen LogP) is 5.53. The molecule has 0 radical (unpaired) electrons. The highest BCUT2D eigenvalue weighted by molar-refractivity contribution is 5.95. The number of aromatic hydroxyl groups is 1. The lowest BCUT2D eigenvalue weighted by Gasteiger charge is -2.27. The fourth-order valence-electron chi connectivity index (χ4n) is 3.37. The number of alkyl halides is 3. The second kappa shape index (κ2) is 8.74. The highest BCUT2D eigenvalue weighted by atomic mass is 19.4. The van der Waals surface area contributed by atoms with Crippen LogP contribution < -0.4 is 4.74 Å². The van der Waals surface area contributed by atoms with Crippen molar-refractivity contribution in [2.75, 3.05) is 13.1 Å². The Bertz CT molecular complexity index is 1120. The molecule has 0 spiro atoms. The molecule has 1 aromatic heterocycles. The van der Waals surface area contributed by atoms with Crippen molar-refractivity contribution in [1.29, 1.82) is 0 Å². The minimum Gasteiger partial charge on any atom is -0.508 e. The molecule has 0 bridgehead atoms. The third-order valence-electron chi connectivity index (χ3n) is 5.12. The summed E-state index contributed by atoms with van der Waals surface area (Å²) in [6.07, 6.45) is -1.04. The number of phenolic OH excluding ortho intramolecular Hbond substituents is 1. The fraction of sp³-hybridized carbons (Fsp3) is 0.167. The van der Waals surface area contributed by atoms with Crippen molar-refractivity contribution in [3.8, 4) is 17.4 Å². The molecule has 2 heterocycles. The average Bonchev–Trinajstić information content (AvgIpc) is 2.80. The van der Waals surface area contributed by atoms with E-state index in [9.17, 15) is 23.1 Å². The molecule has 0 aliphatic carbocycles. The number of hydrogen-bond acceptors (Lipinski definition) is 4. The van der Waals surface area contributed by atoms with Gasteiger partial charge in [-0.05, 0) is 60.0 Å². The molecule has 0 saturated carbocycles. The van der Waals surface area contributed by atoms with Crippen LogP contribution in [0.4, 0.5) is 13.2 Å². The Kier molecular flexibility index (Phi) is 5.85. The average molecular weight is 440 g/mol. The minimum atomic E-state index is -4.46. The fourth-order valence-corrected chi connectivity index (χ4v) is 3.37. The summed E-state index contributed by atoms with van der Waals surface area (Å²) in [6.45, 7) is 1.04. The number of rotatable bonds is 4. The summed E-state index contributed by atoms with van der Waals surface area (Å²) in [6, 6.07) is 15.4. The van der Waals surface area contributed by atoms with Crippen molar-refractivity contribution in [2.45, 2.75) is 12.6 Å². The largest absolute Gasteiger partial charge is 0.508 e. The van der Waals surface area contributed by atoms with Gasteiger partial charge >= 0.3 is 6.18 Å². The number of ether oxygens (including phenoxy) is 1. The smallest absolute Gasteiger partial charge is 0.417 e. The highest BCUT2D eigenvalue weighted by Gasteiger charge is 2.30. The lowest BCUT2D eigenvalue weighted by molar-refractivity contribution is -0.137. The van der Waals surface area contributed by atoms with E-state index < -0.39 is 11.7 Å². The summed E-state index contributed by atoms with van der Waals surface area (Å²) >= 11 is 0. The number of phenols is 1. The molecule has 164 valence electrons.